The third-order valence-electron chi connectivity index (χ3n) is 3.93. The Labute approximate surface area is 175 Å². The standard InChI is InChI=1S/C23H24N2O5/c1-23(2,3)30-22(28)25(15-13-20(26)29-16-14-24)19-11-9-18(10-12-19)21(27)17-7-5-4-6-8-17/h4-12H,13,15-16H2,1-3H3. The number of amides is 1. The molecule has 0 atom stereocenters. The van der Waals surface area contributed by atoms with Crippen molar-refractivity contribution in [1.82, 2.24) is 0 Å². The molecule has 0 radical (unpaired) electrons. The first-order valence-electron chi connectivity index (χ1n) is 9.44. The van der Waals surface area contributed by atoms with Gasteiger partial charge in [-0.1, -0.05) is 30.3 Å². The third kappa shape index (κ3) is 6.74. The van der Waals surface area contributed by atoms with E-state index in [2.05, 4.69) is 0 Å². The molecule has 2 aromatic rings. The van der Waals surface area contributed by atoms with E-state index < -0.39 is 17.7 Å². The van der Waals surface area contributed by atoms with Crippen LogP contribution in [0.3, 0.4) is 0 Å². The summed E-state index contributed by atoms with van der Waals surface area (Å²) >= 11 is 0. The second kappa shape index (κ2) is 10.2. The highest BCUT2D eigenvalue weighted by Gasteiger charge is 2.24. The Balaban J connectivity index is 2.20. The Morgan fingerprint density at radius 3 is 2.13 bits per heavy atom. The number of hydrogen-bond acceptors (Lipinski definition) is 6. The summed E-state index contributed by atoms with van der Waals surface area (Å²) in [5.41, 5.74) is 0.791. The fourth-order valence-corrected chi connectivity index (χ4v) is 2.58. The van der Waals surface area contributed by atoms with Gasteiger partial charge in [-0.25, -0.2) is 4.79 Å². The lowest BCUT2D eigenvalue weighted by molar-refractivity contribution is -0.141. The van der Waals surface area contributed by atoms with Gasteiger partial charge in [0.2, 0.25) is 0 Å². The lowest BCUT2D eigenvalue weighted by Crippen LogP contribution is -2.38. The number of rotatable bonds is 7. The monoisotopic (exact) mass is 408 g/mol. The summed E-state index contributed by atoms with van der Waals surface area (Å²) in [6, 6.07) is 17.1. The molecule has 1 amide bonds. The highest BCUT2D eigenvalue weighted by molar-refractivity contribution is 6.09. The van der Waals surface area contributed by atoms with Gasteiger partial charge in [0.25, 0.3) is 0 Å². The smallest absolute Gasteiger partial charge is 0.414 e. The maximum Gasteiger partial charge on any atom is 0.414 e. The van der Waals surface area contributed by atoms with E-state index in [1.807, 2.05) is 6.07 Å². The predicted molar refractivity (Wildman–Crippen MR) is 111 cm³/mol. The Morgan fingerprint density at radius 2 is 1.57 bits per heavy atom. The molecule has 0 saturated carbocycles. The van der Waals surface area contributed by atoms with Crippen molar-refractivity contribution in [1.29, 1.82) is 5.26 Å². The van der Waals surface area contributed by atoms with Crippen molar-refractivity contribution in [2.45, 2.75) is 32.8 Å². The van der Waals surface area contributed by atoms with Crippen molar-refractivity contribution in [3.63, 3.8) is 0 Å². The van der Waals surface area contributed by atoms with E-state index in [1.165, 1.54) is 4.90 Å². The van der Waals surface area contributed by atoms with E-state index in [-0.39, 0.29) is 25.4 Å². The SMILES string of the molecule is CC(C)(C)OC(=O)N(CCC(=O)OCC#N)c1ccc(C(=O)c2ccccc2)cc1. The highest BCUT2D eigenvalue weighted by atomic mass is 16.6. The molecule has 7 heteroatoms. The molecule has 0 fully saturated rings. The van der Waals surface area contributed by atoms with Gasteiger partial charge in [0, 0.05) is 23.4 Å². The van der Waals surface area contributed by atoms with E-state index in [4.69, 9.17) is 14.7 Å². The number of esters is 1. The number of ketones is 1. The van der Waals surface area contributed by atoms with Crippen molar-refractivity contribution in [3.05, 3.63) is 65.7 Å². The molecule has 0 aliphatic carbocycles. The number of hydrogen-bond donors (Lipinski definition) is 0. The molecule has 156 valence electrons. The minimum Gasteiger partial charge on any atom is -0.450 e. The average Bonchev–Trinajstić information content (AvgIpc) is 2.71. The lowest BCUT2D eigenvalue weighted by Gasteiger charge is -2.27. The predicted octanol–water partition coefficient (Wildman–Crippen LogP) is 4.12. The molecule has 2 aromatic carbocycles. The van der Waals surface area contributed by atoms with E-state index >= 15 is 0 Å². The summed E-state index contributed by atoms with van der Waals surface area (Å²) in [5.74, 6) is -0.730. The van der Waals surface area contributed by atoms with E-state index in [1.54, 1.807) is 75.4 Å². The maximum absolute atomic E-state index is 12.7. The maximum atomic E-state index is 12.7. The van der Waals surface area contributed by atoms with Crippen LogP contribution in [0.4, 0.5) is 10.5 Å². The molecule has 0 heterocycles. The molecule has 0 spiro atoms. The summed E-state index contributed by atoms with van der Waals surface area (Å²) in [7, 11) is 0. The van der Waals surface area contributed by atoms with Crippen LogP contribution < -0.4 is 4.90 Å². The van der Waals surface area contributed by atoms with Crippen LogP contribution in [-0.2, 0) is 14.3 Å². The van der Waals surface area contributed by atoms with Gasteiger partial charge in [-0.2, -0.15) is 5.26 Å². The fourth-order valence-electron chi connectivity index (χ4n) is 2.58. The largest absolute Gasteiger partial charge is 0.450 e. The van der Waals surface area contributed by atoms with Crippen LogP contribution in [0.2, 0.25) is 0 Å². The minimum atomic E-state index is -0.722. The number of anilines is 1. The molecule has 2 rings (SSSR count). The molecule has 7 nitrogen and oxygen atoms in total. The fraction of sp³-hybridized carbons (Fsp3) is 0.304. The molecule has 0 N–H and O–H groups in total. The van der Waals surface area contributed by atoms with Gasteiger partial charge in [0.05, 0.1) is 6.42 Å². The Hall–Kier alpha value is -3.66. The Morgan fingerprint density at radius 1 is 0.967 bits per heavy atom. The summed E-state index contributed by atoms with van der Waals surface area (Å²) in [6.45, 7) is 4.89. The first kappa shape index (κ1) is 22.6. The zero-order valence-electron chi connectivity index (χ0n) is 17.3. The van der Waals surface area contributed by atoms with Crippen molar-refractivity contribution in [2.24, 2.45) is 0 Å². The first-order chi connectivity index (χ1) is 14.2. The topological polar surface area (TPSA) is 96.7 Å². The van der Waals surface area contributed by atoms with Gasteiger partial charge in [-0.05, 0) is 45.0 Å². The quantitative estimate of drug-likeness (QED) is 0.505. The van der Waals surface area contributed by atoms with Crippen LogP contribution in [0.5, 0.6) is 0 Å². The molecule has 30 heavy (non-hydrogen) atoms. The van der Waals surface area contributed by atoms with Crippen molar-refractivity contribution >= 4 is 23.5 Å². The summed E-state index contributed by atoms with van der Waals surface area (Å²) in [4.78, 5) is 38.3. The normalized spacial score (nSPS) is 10.6. The Kier molecular flexibility index (Phi) is 7.70. The summed E-state index contributed by atoms with van der Waals surface area (Å²) in [6.07, 6.45) is -0.733. The number of carbonyl (C=O) groups is 3. The number of nitrogens with zero attached hydrogens (tertiary/aromatic N) is 2. The Bertz CT molecular complexity index is 925. The summed E-state index contributed by atoms with van der Waals surface area (Å²) < 4.78 is 10.2. The van der Waals surface area contributed by atoms with Crippen molar-refractivity contribution in [3.8, 4) is 6.07 Å². The number of ether oxygens (including phenoxy) is 2. The van der Waals surface area contributed by atoms with E-state index in [0.29, 0.717) is 16.8 Å². The van der Waals surface area contributed by atoms with Gasteiger partial charge in [0.15, 0.2) is 12.4 Å². The minimum absolute atomic E-state index is 0.00511. The molecule has 0 unspecified atom stereocenters. The van der Waals surface area contributed by atoms with Crippen LogP contribution in [-0.4, -0.2) is 36.6 Å². The van der Waals surface area contributed by atoms with Crippen LogP contribution in [0.15, 0.2) is 54.6 Å². The van der Waals surface area contributed by atoms with Gasteiger partial charge in [-0.15, -0.1) is 0 Å². The van der Waals surface area contributed by atoms with Crippen LogP contribution >= 0.6 is 0 Å². The molecule has 0 bridgehead atoms. The second-order valence-corrected chi connectivity index (χ2v) is 7.44. The molecular weight excluding hydrogens is 384 g/mol. The van der Waals surface area contributed by atoms with E-state index in [9.17, 15) is 14.4 Å². The second-order valence-electron chi connectivity index (χ2n) is 7.44. The third-order valence-corrected chi connectivity index (χ3v) is 3.93. The van der Waals surface area contributed by atoms with Gasteiger partial charge >= 0.3 is 12.1 Å². The average molecular weight is 408 g/mol. The van der Waals surface area contributed by atoms with Crippen molar-refractivity contribution in [2.75, 3.05) is 18.1 Å². The van der Waals surface area contributed by atoms with Crippen LogP contribution in [0.1, 0.15) is 43.1 Å². The molecule has 0 aliphatic heterocycles. The van der Waals surface area contributed by atoms with Gasteiger partial charge in [-0.3, -0.25) is 14.5 Å². The molecular formula is C23H24N2O5. The van der Waals surface area contributed by atoms with Crippen LogP contribution in [0, 0.1) is 11.3 Å². The molecule has 0 aromatic heterocycles. The highest BCUT2D eigenvalue weighted by Crippen LogP contribution is 2.21. The zero-order chi connectivity index (χ0) is 22.1. The molecule has 0 aliphatic rings. The van der Waals surface area contributed by atoms with Gasteiger partial charge < -0.3 is 9.47 Å². The lowest BCUT2D eigenvalue weighted by atomic mass is 10.0. The zero-order valence-corrected chi connectivity index (χ0v) is 17.3. The van der Waals surface area contributed by atoms with Crippen LogP contribution in [0.25, 0.3) is 0 Å². The van der Waals surface area contributed by atoms with Crippen molar-refractivity contribution < 1.29 is 23.9 Å². The number of carbonyl (C=O) groups excluding carboxylic acids is 3. The van der Waals surface area contributed by atoms with Gasteiger partial charge in [0.1, 0.15) is 11.7 Å². The number of nitriles is 1. The summed E-state index contributed by atoms with van der Waals surface area (Å²) in [5, 5.41) is 8.50. The number of benzene rings is 2. The molecule has 0 saturated heterocycles. The first-order valence-corrected chi connectivity index (χ1v) is 9.44. The van der Waals surface area contributed by atoms with E-state index in [0.717, 1.165) is 0 Å².